The molecule has 3 N–H and O–H groups in total. The van der Waals surface area contributed by atoms with Crippen molar-refractivity contribution in [2.75, 3.05) is 5.73 Å². The van der Waals surface area contributed by atoms with Crippen molar-refractivity contribution in [3.8, 4) is 11.5 Å². The second-order valence-electron chi connectivity index (χ2n) is 3.60. The lowest BCUT2D eigenvalue weighted by molar-refractivity contribution is 0.306. The Labute approximate surface area is 108 Å². The number of hydrogen-bond donors (Lipinski definition) is 2. The standard InChI is InChI=1S/C13H12BrNO2/c14-10-6-4-9(5-7-10)8-17-12-3-1-2-11(16)13(12)15/h1-7,16H,8,15H2. The first kappa shape index (κ1) is 11.8. The fourth-order valence-electron chi connectivity index (χ4n) is 1.40. The van der Waals surface area contributed by atoms with Crippen LogP contribution in [0.1, 0.15) is 5.56 Å². The van der Waals surface area contributed by atoms with Gasteiger partial charge in [0.1, 0.15) is 23.8 Å². The highest BCUT2D eigenvalue weighted by Crippen LogP contribution is 2.30. The molecule has 0 spiro atoms. The number of aromatic hydroxyl groups is 1. The van der Waals surface area contributed by atoms with Crippen LogP contribution in [0.25, 0.3) is 0 Å². The second-order valence-corrected chi connectivity index (χ2v) is 4.52. The molecular formula is C13H12BrNO2. The Morgan fingerprint density at radius 3 is 2.53 bits per heavy atom. The van der Waals surface area contributed by atoms with Crippen LogP contribution in [0.4, 0.5) is 5.69 Å². The van der Waals surface area contributed by atoms with Crippen molar-refractivity contribution < 1.29 is 9.84 Å². The van der Waals surface area contributed by atoms with Crippen molar-refractivity contribution in [3.05, 3.63) is 52.5 Å². The zero-order valence-corrected chi connectivity index (χ0v) is 10.6. The number of anilines is 1. The molecule has 0 amide bonds. The average Bonchev–Trinajstić information content (AvgIpc) is 2.33. The Bertz CT molecular complexity index is 511. The van der Waals surface area contributed by atoms with E-state index in [-0.39, 0.29) is 11.4 Å². The molecule has 2 aromatic rings. The molecule has 88 valence electrons. The molecule has 0 heterocycles. The first-order chi connectivity index (χ1) is 8.16. The van der Waals surface area contributed by atoms with Crippen LogP contribution >= 0.6 is 15.9 Å². The maximum absolute atomic E-state index is 9.42. The first-order valence-electron chi connectivity index (χ1n) is 5.11. The average molecular weight is 294 g/mol. The van der Waals surface area contributed by atoms with Gasteiger partial charge in [0.2, 0.25) is 0 Å². The number of rotatable bonds is 3. The van der Waals surface area contributed by atoms with Crippen LogP contribution in [0, 0.1) is 0 Å². The van der Waals surface area contributed by atoms with Gasteiger partial charge in [-0.3, -0.25) is 0 Å². The normalized spacial score (nSPS) is 10.2. The second kappa shape index (κ2) is 5.10. The van der Waals surface area contributed by atoms with Crippen LogP contribution in [0.5, 0.6) is 11.5 Å². The summed E-state index contributed by atoms with van der Waals surface area (Å²) in [5.41, 5.74) is 6.99. The molecule has 2 aromatic carbocycles. The number of nitrogens with two attached hydrogens (primary N) is 1. The SMILES string of the molecule is Nc1c(O)cccc1OCc1ccc(Br)cc1. The van der Waals surface area contributed by atoms with Crippen molar-refractivity contribution in [1.82, 2.24) is 0 Å². The molecular weight excluding hydrogens is 282 g/mol. The van der Waals surface area contributed by atoms with Crippen LogP contribution in [0.15, 0.2) is 46.9 Å². The molecule has 0 bridgehead atoms. The molecule has 0 aliphatic carbocycles. The van der Waals surface area contributed by atoms with E-state index in [0.29, 0.717) is 12.4 Å². The lowest BCUT2D eigenvalue weighted by atomic mass is 10.2. The summed E-state index contributed by atoms with van der Waals surface area (Å²) in [7, 11) is 0. The summed E-state index contributed by atoms with van der Waals surface area (Å²) in [6.45, 7) is 0.418. The van der Waals surface area contributed by atoms with E-state index in [9.17, 15) is 5.11 Å². The molecule has 0 aliphatic rings. The summed E-state index contributed by atoms with van der Waals surface area (Å²) in [4.78, 5) is 0. The summed E-state index contributed by atoms with van der Waals surface area (Å²) >= 11 is 3.37. The third-order valence-corrected chi connectivity index (χ3v) is 2.88. The summed E-state index contributed by atoms with van der Waals surface area (Å²) in [5.74, 6) is 0.534. The molecule has 0 saturated carbocycles. The number of benzene rings is 2. The van der Waals surface area contributed by atoms with E-state index >= 15 is 0 Å². The maximum atomic E-state index is 9.42. The third-order valence-electron chi connectivity index (χ3n) is 2.35. The van der Waals surface area contributed by atoms with E-state index in [0.717, 1.165) is 10.0 Å². The minimum absolute atomic E-state index is 0.0401. The van der Waals surface area contributed by atoms with E-state index in [1.54, 1.807) is 12.1 Å². The first-order valence-corrected chi connectivity index (χ1v) is 5.91. The van der Waals surface area contributed by atoms with Gasteiger partial charge in [-0.1, -0.05) is 34.1 Å². The Kier molecular flexibility index (Phi) is 3.54. The molecule has 17 heavy (non-hydrogen) atoms. The van der Waals surface area contributed by atoms with Crippen molar-refractivity contribution in [2.24, 2.45) is 0 Å². The van der Waals surface area contributed by atoms with Gasteiger partial charge in [0.15, 0.2) is 0 Å². The molecule has 0 unspecified atom stereocenters. The zero-order chi connectivity index (χ0) is 12.3. The third kappa shape index (κ3) is 2.91. The van der Waals surface area contributed by atoms with Gasteiger partial charge in [0.25, 0.3) is 0 Å². The highest BCUT2D eigenvalue weighted by Gasteiger charge is 2.04. The van der Waals surface area contributed by atoms with Crippen molar-refractivity contribution in [3.63, 3.8) is 0 Å². The monoisotopic (exact) mass is 293 g/mol. The van der Waals surface area contributed by atoms with E-state index in [1.165, 1.54) is 6.07 Å². The number of phenolic OH excluding ortho intramolecular Hbond substituents is 1. The van der Waals surface area contributed by atoms with Gasteiger partial charge >= 0.3 is 0 Å². The minimum Gasteiger partial charge on any atom is -0.506 e. The topological polar surface area (TPSA) is 55.5 Å². The van der Waals surface area contributed by atoms with Gasteiger partial charge in [-0.15, -0.1) is 0 Å². The smallest absolute Gasteiger partial charge is 0.146 e. The fourth-order valence-corrected chi connectivity index (χ4v) is 1.66. The Morgan fingerprint density at radius 1 is 1.12 bits per heavy atom. The Balaban J connectivity index is 2.07. The van der Waals surface area contributed by atoms with Gasteiger partial charge in [-0.2, -0.15) is 0 Å². The van der Waals surface area contributed by atoms with Gasteiger partial charge < -0.3 is 15.6 Å². The lowest BCUT2D eigenvalue weighted by Gasteiger charge is -2.09. The van der Waals surface area contributed by atoms with E-state index in [2.05, 4.69) is 15.9 Å². The molecule has 4 heteroatoms. The molecule has 0 aliphatic heterocycles. The van der Waals surface area contributed by atoms with Crippen LogP contribution in [-0.4, -0.2) is 5.11 Å². The Hall–Kier alpha value is -1.68. The van der Waals surface area contributed by atoms with Crippen LogP contribution in [0.3, 0.4) is 0 Å². The summed E-state index contributed by atoms with van der Waals surface area (Å²) in [5, 5.41) is 9.42. The fraction of sp³-hybridized carbons (Fsp3) is 0.0769. The number of nitrogen functional groups attached to an aromatic ring is 1. The van der Waals surface area contributed by atoms with Gasteiger partial charge in [-0.05, 0) is 29.8 Å². The zero-order valence-electron chi connectivity index (χ0n) is 9.06. The number of para-hydroxylation sites is 1. The molecule has 0 saturated heterocycles. The van der Waals surface area contributed by atoms with Crippen molar-refractivity contribution >= 4 is 21.6 Å². The number of halogens is 1. The summed E-state index contributed by atoms with van der Waals surface area (Å²) < 4.78 is 6.57. The molecule has 0 atom stereocenters. The van der Waals surface area contributed by atoms with Crippen LogP contribution in [0.2, 0.25) is 0 Å². The van der Waals surface area contributed by atoms with Crippen LogP contribution < -0.4 is 10.5 Å². The Morgan fingerprint density at radius 2 is 1.82 bits per heavy atom. The number of phenols is 1. The van der Waals surface area contributed by atoms with Gasteiger partial charge in [-0.25, -0.2) is 0 Å². The minimum atomic E-state index is 0.0401. The van der Waals surface area contributed by atoms with E-state index in [1.807, 2.05) is 24.3 Å². The molecule has 0 aromatic heterocycles. The number of hydrogen-bond acceptors (Lipinski definition) is 3. The van der Waals surface area contributed by atoms with Gasteiger partial charge in [0, 0.05) is 4.47 Å². The molecule has 3 nitrogen and oxygen atoms in total. The van der Waals surface area contributed by atoms with Crippen molar-refractivity contribution in [2.45, 2.75) is 6.61 Å². The largest absolute Gasteiger partial charge is 0.506 e. The van der Waals surface area contributed by atoms with E-state index in [4.69, 9.17) is 10.5 Å². The molecule has 2 rings (SSSR count). The van der Waals surface area contributed by atoms with Crippen molar-refractivity contribution in [1.29, 1.82) is 0 Å². The predicted octanol–water partition coefficient (Wildman–Crippen LogP) is 3.32. The molecule has 0 fully saturated rings. The van der Waals surface area contributed by atoms with E-state index < -0.39 is 0 Å². The molecule has 0 radical (unpaired) electrons. The quantitative estimate of drug-likeness (QED) is 0.674. The highest BCUT2D eigenvalue weighted by molar-refractivity contribution is 9.10. The summed E-state index contributed by atoms with van der Waals surface area (Å²) in [6, 6.07) is 12.8. The summed E-state index contributed by atoms with van der Waals surface area (Å²) in [6.07, 6.45) is 0. The van der Waals surface area contributed by atoms with Gasteiger partial charge in [0.05, 0.1) is 0 Å². The highest BCUT2D eigenvalue weighted by atomic mass is 79.9. The predicted molar refractivity (Wildman–Crippen MR) is 71.0 cm³/mol. The lowest BCUT2D eigenvalue weighted by Crippen LogP contribution is -1.98. The maximum Gasteiger partial charge on any atom is 0.146 e. The van der Waals surface area contributed by atoms with Crippen LogP contribution in [-0.2, 0) is 6.61 Å². The number of ether oxygens (including phenoxy) is 1.